The molecule has 1 fully saturated rings. The molecule has 0 amide bonds. The molecule has 25 heavy (non-hydrogen) atoms. The Balaban J connectivity index is 1.71. The number of rotatable bonds is 3. The first-order chi connectivity index (χ1) is 12.1. The van der Waals surface area contributed by atoms with Gasteiger partial charge in [0.15, 0.2) is 10.7 Å². The molecule has 2 heterocycles. The van der Waals surface area contributed by atoms with Crippen molar-refractivity contribution in [1.82, 2.24) is 15.3 Å². The highest BCUT2D eigenvalue weighted by Crippen LogP contribution is 2.32. The van der Waals surface area contributed by atoms with Gasteiger partial charge in [-0.15, -0.1) is 0 Å². The number of H-pyrrole nitrogens is 1. The number of hydrogen-bond acceptors (Lipinski definition) is 3. The van der Waals surface area contributed by atoms with Crippen LogP contribution in [0.5, 0.6) is 0 Å². The number of piperidine rings is 1. The summed E-state index contributed by atoms with van der Waals surface area (Å²) in [5.74, 6) is 0.704. The van der Waals surface area contributed by atoms with E-state index in [1.807, 2.05) is 36.4 Å². The van der Waals surface area contributed by atoms with Crippen molar-refractivity contribution in [2.75, 3.05) is 19.3 Å². The van der Waals surface area contributed by atoms with Gasteiger partial charge in [-0.25, -0.2) is 9.37 Å². The topological polar surface area (TPSA) is 63.8 Å². The maximum absolute atomic E-state index is 15.0. The minimum atomic E-state index is -1.01. The predicted octanol–water partition coefficient (Wildman–Crippen LogP) is 3.57. The van der Waals surface area contributed by atoms with E-state index in [-0.39, 0.29) is 11.7 Å². The van der Waals surface area contributed by atoms with Gasteiger partial charge < -0.3 is 14.9 Å². The standard InChI is InChI=1S/C19H20FN3OS/c1-25(24)14-4-2-13(3-5-14)19-22-16-7-6-15(17(20)18(16)23-19)12-8-10-21-11-9-12/h2-7,12,21H,8-11H2,1H3,(H,22,23). The molecule has 0 saturated carbocycles. The van der Waals surface area contributed by atoms with E-state index in [0.717, 1.165) is 42.0 Å². The van der Waals surface area contributed by atoms with Crippen LogP contribution in [0.1, 0.15) is 24.3 Å². The summed E-state index contributed by atoms with van der Waals surface area (Å²) in [4.78, 5) is 8.41. The van der Waals surface area contributed by atoms with Crippen LogP contribution in [0.15, 0.2) is 41.3 Å². The van der Waals surface area contributed by atoms with Gasteiger partial charge in [-0.05, 0) is 78.9 Å². The summed E-state index contributed by atoms with van der Waals surface area (Å²) < 4.78 is 26.5. The molecule has 0 bridgehead atoms. The second-order valence-corrected chi connectivity index (χ2v) is 7.83. The third-order valence-corrected chi connectivity index (χ3v) is 5.80. The molecular weight excluding hydrogens is 337 g/mol. The Labute approximate surface area is 149 Å². The Kier molecular flexibility index (Phi) is 4.50. The second kappa shape index (κ2) is 6.78. The van der Waals surface area contributed by atoms with Gasteiger partial charge in [-0.3, -0.25) is 0 Å². The fraction of sp³-hybridized carbons (Fsp3) is 0.316. The molecule has 130 valence electrons. The fourth-order valence-corrected chi connectivity index (χ4v) is 3.97. The van der Waals surface area contributed by atoms with Crippen molar-refractivity contribution in [1.29, 1.82) is 0 Å². The van der Waals surface area contributed by atoms with Gasteiger partial charge in [0.1, 0.15) is 17.6 Å². The van der Waals surface area contributed by atoms with Crippen molar-refractivity contribution in [3.63, 3.8) is 0 Å². The van der Waals surface area contributed by atoms with Gasteiger partial charge in [-0.2, -0.15) is 0 Å². The van der Waals surface area contributed by atoms with Crippen molar-refractivity contribution < 1.29 is 8.94 Å². The van der Waals surface area contributed by atoms with E-state index >= 15 is 4.39 Å². The highest BCUT2D eigenvalue weighted by Gasteiger charge is 2.21. The summed E-state index contributed by atoms with van der Waals surface area (Å²) in [6.07, 6.45) is 3.56. The molecule has 2 N–H and O–H groups in total. The zero-order valence-corrected chi connectivity index (χ0v) is 14.8. The number of nitrogens with one attached hydrogen (secondary N) is 2. The van der Waals surface area contributed by atoms with Gasteiger partial charge in [0.25, 0.3) is 0 Å². The summed E-state index contributed by atoms with van der Waals surface area (Å²) in [6.45, 7) is 1.86. The van der Waals surface area contributed by atoms with Crippen LogP contribution in [0.4, 0.5) is 4.39 Å². The lowest BCUT2D eigenvalue weighted by molar-refractivity contribution is 0.446. The molecule has 6 heteroatoms. The number of benzene rings is 2. The number of aromatic nitrogens is 2. The van der Waals surface area contributed by atoms with Crippen LogP contribution in [-0.4, -0.2) is 33.9 Å². The molecule has 0 radical (unpaired) electrons. The Morgan fingerprint density at radius 1 is 1.12 bits per heavy atom. The van der Waals surface area contributed by atoms with Gasteiger partial charge in [0.05, 0.1) is 5.52 Å². The Morgan fingerprint density at radius 3 is 2.52 bits per heavy atom. The van der Waals surface area contributed by atoms with E-state index in [9.17, 15) is 4.55 Å². The Hall–Kier alpha value is -1.89. The molecule has 4 rings (SSSR count). The van der Waals surface area contributed by atoms with Crippen molar-refractivity contribution in [3.8, 4) is 11.4 Å². The molecule has 1 aliphatic rings. The Bertz CT molecular complexity index is 886. The van der Waals surface area contributed by atoms with E-state index < -0.39 is 11.2 Å². The minimum absolute atomic E-state index is 0.186. The summed E-state index contributed by atoms with van der Waals surface area (Å²) >= 11 is -1.01. The number of hydrogen-bond donors (Lipinski definition) is 2. The van der Waals surface area contributed by atoms with E-state index in [0.29, 0.717) is 16.9 Å². The number of fused-ring (bicyclic) bond motifs is 1. The largest absolute Gasteiger partial charge is 0.612 e. The van der Waals surface area contributed by atoms with Crippen LogP contribution in [-0.2, 0) is 11.2 Å². The summed E-state index contributed by atoms with van der Waals surface area (Å²) in [5, 5.41) is 3.31. The van der Waals surface area contributed by atoms with E-state index in [2.05, 4.69) is 15.3 Å². The Morgan fingerprint density at radius 2 is 1.84 bits per heavy atom. The molecule has 0 aliphatic carbocycles. The number of aromatic amines is 1. The van der Waals surface area contributed by atoms with Crippen LogP contribution in [0.3, 0.4) is 0 Å². The van der Waals surface area contributed by atoms with Crippen LogP contribution in [0.2, 0.25) is 0 Å². The first-order valence-corrected chi connectivity index (χ1v) is 10.0. The van der Waals surface area contributed by atoms with Gasteiger partial charge in [0, 0.05) is 5.56 Å². The van der Waals surface area contributed by atoms with Crippen molar-refractivity contribution in [2.45, 2.75) is 23.7 Å². The zero-order chi connectivity index (χ0) is 17.4. The molecule has 3 aromatic rings. The average Bonchev–Trinajstić information content (AvgIpc) is 3.08. The maximum atomic E-state index is 15.0. The van der Waals surface area contributed by atoms with Crippen LogP contribution in [0, 0.1) is 5.82 Å². The summed E-state index contributed by atoms with van der Waals surface area (Å²) in [7, 11) is 0. The van der Waals surface area contributed by atoms with Crippen LogP contribution < -0.4 is 5.32 Å². The zero-order valence-electron chi connectivity index (χ0n) is 14.0. The summed E-state index contributed by atoms with van der Waals surface area (Å²) in [6, 6.07) is 11.1. The molecule has 1 aromatic heterocycles. The molecule has 1 saturated heterocycles. The fourth-order valence-electron chi connectivity index (χ4n) is 3.45. The number of halogens is 1. The molecular formula is C19H20FN3OS. The van der Waals surface area contributed by atoms with Crippen LogP contribution >= 0.6 is 0 Å². The van der Waals surface area contributed by atoms with Crippen molar-refractivity contribution >= 4 is 22.2 Å². The molecule has 2 aromatic carbocycles. The number of imidazole rings is 1. The monoisotopic (exact) mass is 357 g/mol. The molecule has 0 spiro atoms. The van der Waals surface area contributed by atoms with Crippen molar-refractivity contribution in [3.05, 3.63) is 47.8 Å². The van der Waals surface area contributed by atoms with E-state index in [1.54, 1.807) is 6.26 Å². The van der Waals surface area contributed by atoms with E-state index in [1.165, 1.54) is 0 Å². The first kappa shape index (κ1) is 16.6. The van der Waals surface area contributed by atoms with Crippen LogP contribution in [0.25, 0.3) is 22.4 Å². The normalized spacial score (nSPS) is 17.1. The molecule has 1 aliphatic heterocycles. The average molecular weight is 357 g/mol. The lowest BCUT2D eigenvalue weighted by Crippen LogP contribution is -2.27. The smallest absolute Gasteiger partial charge is 0.152 e. The third kappa shape index (κ3) is 3.17. The third-order valence-electron chi connectivity index (χ3n) is 4.86. The van der Waals surface area contributed by atoms with E-state index in [4.69, 9.17) is 0 Å². The minimum Gasteiger partial charge on any atom is -0.612 e. The maximum Gasteiger partial charge on any atom is 0.152 e. The number of nitrogens with zero attached hydrogens (tertiary/aromatic N) is 1. The molecule has 1 atom stereocenters. The SMILES string of the molecule is C[S+]([O-])c1ccc(-c2nc3ccc(C4CCNCC4)c(F)c3[nH]2)cc1. The molecule has 1 unspecified atom stereocenters. The summed E-state index contributed by atoms with van der Waals surface area (Å²) in [5.41, 5.74) is 2.73. The van der Waals surface area contributed by atoms with Crippen molar-refractivity contribution in [2.24, 2.45) is 0 Å². The first-order valence-electron chi connectivity index (χ1n) is 8.46. The molecule has 4 nitrogen and oxygen atoms in total. The lowest BCUT2D eigenvalue weighted by atomic mass is 9.89. The van der Waals surface area contributed by atoms with Gasteiger partial charge in [0.2, 0.25) is 0 Å². The van der Waals surface area contributed by atoms with Gasteiger partial charge >= 0.3 is 0 Å². The predicted molar refractivity (Wildman–Crippen MR) is 98.7 cm³/mol. The lowest BCUT2D eigenvalue weighted by Gasteiger charge is -2.23. The quantitative estimate of drug-likeness (QED) is 0.704. The van der Waals surface area contributed by atoms with Gasteiger partial charge in [-0.1, -0.05) is 6.07 Å². The highest BCUT2D eigenvalue weighted by atomic mass is 32.2. The second-order valence-electron chi connectivity index (χ2n) is 6.45. The highest BCUT2D eigenvalue weighted by molar-refractivity contribution is 7.90.